The Hall–Kier alpha value is -1.15. The van der Waals surface area contributed by atoms with Crippen molar-refractivity contribution >= 4 is 34.9 Å². The minimum absolute atomic E-state index is 0.0614. The zero-order valence-corrected chi connectivity index (χ0v) is 13.9. The molecule has 98 valence electrons. The third-order valence-corrected chi connectivity index (χ3v) is 4.42. The zero-order valence-electron chi connectivity index (χ0n) is 11.3. The maximum absolute atomic E-state index is 9.56. The third kappa shape index (κ3) is 3.24. The second kappa shape index (κ2) is 5.46. The Bertz CT molecular complexity index is 680. The minimum atomic E-state index is -1.46. The first-order valence-electron chi connectivity index (χ1n) is 6.13. The molecule has 0 bridgehead atoms. The van der Waals surface area contributed by atoms with E-state index in [1.807, 2.05) is 24.3 Å². The van der Waals surface area contributed by atoms with Gasteiger partial charge in [-0.2, -0.15) is 0 Å². The number of pyridine rings is 1. The predicted molar refractivity (Wildman–Crippen MR) is 85.6 cm³/mol. The summed E-state index contributed by atoms with van der Waals surface area (Å²) < 4.78 is 0.889. The summed E-state index contributed by atoms with van der Waals surface area (Å²) in [5.41, 5.74) is 5.64. The van der Waals surface area contributed by atoms with Crippen LogP contribution in [0, 0.1) is 11.5 Å². The first-order chi connectivity index (χ1) is 8.92. The fraction of sp³-hybridized carbons (Fsp3) is 0.267. The van der Waals surface area contributed by atoms with Gasteiger partial charge in [0.2, 0.25) is 0 Å². The van der Waals surface area contributed by atoms with Gasteiger partial charge in [0.25, 0.3) is 0 Å². The van der Waals surface area contributed by atoms with Gasteiger partial charge in [-0.15, -0.1) is 5.54 Å². The van der Waals surface area contributed by atoms with Crippen LogP contribution in [0.25, 0.3) is 10.9 Å². The molecule has 1 heterocycles. The molecule has 1 aromatic carbocycles. The van der Waals surface area contributed by atoms with Crippen molar-refractivity contribution in [2.24, 2.45) is 0 Å². The summed E-state index contributed by atoms with van der Waals surface area (Å²) in [6, 6.07) is 7.86. The van der Waals surface area contributed by atoms with E-state index in [0.717, 1.165) is 20.9 Å². The average molecular weight is 334 g/mol. The molecular formula is C15H16BrNOSi. The molecule has 0 radical (unpaired) electrons. The number of hydrogen-bond donors (Lipinski definition) is 1. The first kappa shape index (κ1) is 14.3. The highest BCUT2D eigenvalue weighted by Crippen LogP contribution is 2.28. The number of benzene rings is 1. The second-order valence-electron chi connectivity index (χ2n) is 5.43. The van der Waals surface area contributed by atoms with Gasteiger partial charge in [0.05, 0.1) is 12.1 Å². The van der Waals surface area contributed by atoms with Crippen molar-refractivity contribution < 1.29 is 5.11 Å². The Balaban J connectivity index is 2.69. The first-order valence-corrected chi connectivity index (χ1v) is 10.4. The lowest BCUT2D eigenvalue weighted by atomic mass is 10.1. The van der Waals surface area contributed by atoms with Crippen molar-refractivity contribution in [2.75, 3.05) is 0 Å². The number of nitrogens with zero attached hydrogens (tertiary/aromatic N) is 1. The molecule has 19 heavy (non-hydrogen) atoms. The minimum Gasteiger partial charge on any atom is -0.392 e. The van der Waals surface area contributed by atoms with E-state index in [4.69, 9.17) is 0 Å². The summed E-state index contributed by atoms with van der Waals surface area (Å²) in [6.45, 7) is 6.51. The highest BCUT2D eigenvalue weighted by Gasteiger charge is 2.12. The van der Waals surface area contributed by atoms with E-state index in [1.54, 1.807) is 0 Å². The Kier molecular flexibility index (Phi) is 4.09. The summed E-state index contributed by atoms with van der Waals surface area (Å²) in [5.74, 6) is 3.15. The van der Waals surface area contributed by atoms with Crippen LogP contribution in [0.15, 0.2) is 28.7 Å². The standard InChI is InChI=1S/C15H16BrNOSi/c1-19(2,3)9-8-14-12(10-18)15(16)11-6-4-5-7-13(11)17-14/h4-7,18H,10H2,1-3H3. The average Bonchev–Trinajstić information content (AvgIpc) is 2.36. The van der Waals surface area contributed by atoms with Gasteiger partial charge in [-0.1, -0.05) is 43.8 Å². The number of hydrogen-bond acceptors (Lipinski definition) is 2. The molecule has 0 unspecified atom stereocenters. The van der Waals surface area contributed by atoms with Gasteiger partial charge < -0.3 is 5.11 Å². The van der Waals surface area contributed by atoms with Gasteiger partial charge in [-0.05, 0) is 22.0 Å². The van der Waals surface area contributed by atoms with Crippen LogP contribution in [0.3, 0.4) is 0 Å². The molecule has 0 fully saturated rings. The number of fused-ring (bicyclic) bond motifs is 1. The SMILES string of the molecule is C[Si](C)(C)C#Cc1nc2ccccc2c(Br)c1CO. The van der Waals surface area contributed by atoms with Crippen molar-refractivity contribution in [3.63, 3.8) is 0 Å². The van der Waals surface area contributed by atoms with Gasteiger partial charge in [-0.25, -0.2) is 4.98 Å². The predicted octanol–water partition coefficient (Wildman–Crippen LogP) is 3.72. The van der Waals surface area contributed by atoms with E-state index in [9.17, 15) is 5.11 Å². The molecule has 0 amide bonds. The summed E-state index contributed by atoms with van der Waals surface area (Å²) in [4.78, 5) is 4.57. The molecule has 1 aromatic heterocycles. The number of para-hydroxylation sites is 1. The quantitative estimate of drug-likeness (QED) is 0.637. The van der Waals surface area contributed by atoms with E-state index in [0.29, 0.717) is 5.69 Å². The normalized spacial score (nSPS) is 11.2. The number of rotatable bonds is 1. The van der Waals surface area contributed by atoms with E-state index in [2.05, 4.69) is 52.0 Å². The smallest absolute Gasteiger partial charge is 0.129 e. The largest absolute Gasteiger partial charge is 0.392 e. The lowest BCUT2D eigenvalue weighted by molar-refractivity contribution is 0.280. The van der Waals surface area contributed by atoms with Crippen molar-refractivity contribution in [3.05, 3.63) is 40.0 Å². The Morgan fingerprint density at radius 2 is 1.95 bits per heavy atom. The summed E-state index contributed by atoms with van der Waals surface area (Å²) in [7, 11) is -1.46. The number of aromatic nitrogens is 1. The molecule has 2 nitrogen and oxygen atoms in total. The maximum atomic E-state index is 9.56. The van der Waals surface area contributed by atoms with Crippen molar-refractivity contribution in [1.82, 2.24) is 4.98 Å². The maximum Gasteiger partial charge on any atom is 0.129 e. The van der Waals surface area contributed by atoms with Crippen LogP contribution < -0.4 is 0 Å². The molecule has 0 saturated heterocycles. The van der Waals surface area contributed by atoms with Gasteiger partial charge in [0, 0.05) is 15.4 Å². The molecule has 0 atom stereocenters. The summed E-state index contributed by atoms with van der Waals surface area (Å²) in [5, 5.41) is 10.6. The summed E-state index contributed by atoms with van der Waals surface area (Å²) >= 11 is 3.56. The molecule has 0 aliphatic heterocycles. The number of aliphatic hydroxyl groups excluding tert-OH is 1. The van der Waals surface area contributed by atoms with Crippen LogP contribution in [0.1, 0.15) is 11.3 Å². The lowest BCUT2D eigenvalue weighted by Crippen LogP contribution is -2.16. The molecule has 1 N–H and O–H groups in total. The number of aliphatic hydroxyl groups is 1. The van der Waals surface area contributed by atoms with Crippen LogP contribution >= 0.6 is 15.9 Å². The molecule has 0 saturated carbocycles. The molecular weight excluding hydrogens is 318 g/mol. The Morgan fingerprint density at radius 1 is 1.26 bits per heavy atom. The molecule has 2 rings (SSSR count). The van der Waals surface area contributed by atoms with Crippen molar-refractivity contribution in [1.29, 1.82) is 0 Å². The molecule has 0 aliphatic carbocycles. The fourth-order valence-electron chi connectivity index (χ4n) is 1.71. The second-order valence-corrected chi connectivity index (χ2v) is 11.0. The molecule has 4 heteroatoms. The monoisotopic (exact) mass is 333 g/mol. The van der Waals surface area contributed by atoms with Gasteiger partial charge in [0.15, 0.2) is 0 Å². The van der Waals surface area contributed by atoms with Crippen molar-refractivity contribution in [2.45, 2.75) is 26.2 Å². The van der Waals surface area contributed by atoms with E-state index in [-0.39, 0.29) is 6.61 Å². The molecule has 0 spiro atoms. The van der Waals surface area contributed by atoms with Crippen LogP contribution in [0.2, 0.25) is 19.6 Å². The van der Waals surface area contributed by atoms with E-state index < -0.39 is 8.07 Å². The fourth-order valence-corrected chi connectivity index (χ4v) is 2.85. The third-order valence-electron chi connectivity index (χ3n) is 2.64. The van der Waals surface area contributed by atoms with Crippen LogP contribution in [0.5, 0.6) is 0 Å². The highest BCUT2D eigenvalue weighted by atomic mass is 79.9. The van der Waals surface area contributed by atoms with Gasteiger partial charge >= 0.3 is 0 Å². The van der Waals surface area contributed by atoms with Crippen LogP contribution in [-0.4, -0.2) is 18.2 Å². The van der Waals surface area contributed by atoms with Crippen molar-refractivity contribution in [3.8, 4) is 11.5 Å². The van der Waals surface area contributed by atoms with Crippen LogP contribution in [-0.2, 0) is 6.61 Å². The number of halogens is 1. The highest BCUT2D eigenvalue weighted by molar-refractivity contribution is 9.10. The summed E-state index contributed by atoms with van der Waals surface area (Å²) in [6.07, 6.45) is 0. The topological polar surface area (TPSA) is 33.1 Å². The van der Waals surface area contributed by atoms with Gasteiger partial charge in [0.1, 0.15) is 13.8 Å². The van der Waals surface area contributed by atoms with Gasteiger partial charge in [-0.3, -0.25) is 0 Å². The lowest BCUT2D eigenvalue weighted by Gasteiger charge is -2.09. The zero-order chi connectivity index (χ0) is 14.0. The molecule has 2 aromatic rings. The van der Waals surface area contributed by atoms with Crippen LogP contribution in [0.4, 0.5) is 0 Å². The van der Waals surface area contributed by atoms with E-state index in [1.165, 1.54) is 0 Å². The Labute approximate surface area is 123 Å². The van der Waals surface area contributed by atoms with E-state index >= 15 is 0 Å². The molecule has 0 aliphatic rings. The Morgan fingerprint density at radius 3 is 2.58 bits per heavy atom.